The van der Waals surface area contributed by atoms with E-state index in [1.54, 1.807) is 0 Å². The molecule has 0 aliphatic carbocycles. The van der Waals surface area contributed by atoms with Gasteiger partial charge in [0.15, 0.2) is 0 Å². The molecule has 0 saturated carbocycles. The van der Waals surface area contributed by atoms with E-state index in [1.165, 1.54) is 17.6 Å². The van der Waals surface area contributed by atoms with E-state index in [9.17, 15) is 4.79 Å². The van der Waals surface area contributed by atoms with Crippen LogP contribution in [0.25, 0.3) is 0 Å². The van der Waals surface area contributed by atoms with E-state index in [4.69, 9.17) is 0 Å². The third-order valence-corrected chi connectivity index (χ3v) is 3.38. The van der Waals surface area contributed by atoms with Crippen LogP contribution in [0.3, 0.4) is 0 Å². The summed E-state index contributed by atoms with van der Waals surface area (Å²) < 4.78 is 0. The second-order valence-electron chi connectivity index (χ2n) is 6.47. The van der Waals surface area contributed by atoms with Crippen molar-refractivity contribution in [2.24, 2.45) is 0 Å². The first-order valence-electron chi connectivity index (χ1n) is 7.47. The van der Waals surface area contributed by atoms with Crippen LogP contribution < -0.4 is 10.6 Å². The van der Waals surface area contributed by atoms with Gasteiger partial charge in [0.25, 0.3) is 5.95 Å². The summed E-state index contributed by atoms with van der Waals surface area (Å²) in [5.41, 5.74) is -0.303. The van der Waals surface area contributed by atoms with E-state index >= 15 is 0 Å². The van der Waals surface area contributed by atoms with Crippen LogP contribution in [0.5, 0.6) is 0 Å². The largest absolute Gasteiger partial charge is 0.332 e. The van der Waals surface area contributed by atoms with E-state index in [0.717, 1.165) is 19.6 Å². The number of amides is 2. The molecule has 2 amide bonds. The number of hydrogen-bond donors (Lipinski definition) is 2. The van der Waals surface area contributed by atoms with Gasteiger partial charge in [-0.2, -0.15) is 4.80 Å². The smallest absolute Gasteiger partial charge is 0.322 e. The molecule has 2 rings (SSSR count). The highest BCUT2D eigenvalue weighted by Crippen LogP contribution is 2.13. The number of tetrazole rings is 1. The summed E-state index contributed by atoms with van der Waals surface area (Å²) >= 11 is 0. The minimum absolute atomic E-state index is 0.114. The van der Waals surface area contributed by atoms with Crippen LogP contribution >= 0.6 is 0 Å². The summed E-state index contributed by atoms with van der Waals surface area (Å²) in [4.78, 5) is 15.9. The Morgan fingerprint density at radius 3 is 2.57 bits per heavy atom. The number of nitrogens with zero attached hydrogens (tertiary/aromatic N) is 5. The summed E-state index contributed by atoms with van der Waals surface area (Å²) in [6.45, 7) is 11.0. The third kappa shape index (κ3) is 4.66. The number of carbonyl (C=O) groups is 1. The van der Waals surface area contributed by atoms with Crippen molar-refractivity contribution in [2.75, 3.05) is 25.0 Å². The van der Waals surface area contributed by atoms with E-state index < -0.39 is 0 Å². The number of nitrogens with one attached hydrogen (secondary N) is 2. The lowest BCUT2D eigenvalue weighted by Crippen LogP contribution is -2.52. The molecule has 1 aliphatic rings. The van der Waals surface area contributed by atoms with Gasteiger partial charge in [0, 0.05) is 12.1 Å². The Morgan fingerprint density at radius 2 is 2.00 bits per heavy atom. The topological polar surface area (TPSA) is 88.0 Å². The van der Waals surface area contributed by atoms with Crippen LogP contribution in [-0.4, -0.2) is 56.3 Å². The van der Waals surface area contributed by atoms with Crippen molar-refractivity contribution in [3.63, 3.8) is 0 Å². The van der Waals surface area contributed by atoms with Crippen molar-refractivity contribution < 1.29 is 4.79 Å². The van der Waals surface area contributed by atoms with E-state index in [1.807, 2.05) is 27.7 Å². The molecule has 8 heteroatoms. The molecule has 0 aromatic carbocycles. The van der Waals surface area contributed by atoms with E-state index in [-0.39, 0.29) is 23.6 Å². The van der Waals surface area contributed by atoms with Crippen LogP contribution in [0.2, 0.25) is 0 Å². The Kier molecular flexibility index (Phi) is 4.76. The molecule has 0 spiro atoms. The van der Waals surface area contributed by atoms with Gasteiger partial charge in [-0.25, -0.2) is 4.79 Å². The van der Waals surface area contributed by atoms with Crippen molar-refractivity contribution in [3.05, 3.63) is 0 Å². The maximum Gasteiger partial charge on any atom is 0.322 e. The van der Waals surface area contributed by atoms with Gasteiger partial charge in [-0.05, 0) is 58.8 Å². The fourth-order valence-electron chi connectivity index (χ4n) is 2.47. The average Bonchev–Trinajstić information content (AvgIpc) is 2.98. The van der Waals surface area contributed by atoms with Gasteiger partial charge in [-0.1, -0.05) is 5.10 Å². The lowest BCUT2D eigenvalue weighted by molar-refractivity contribution is 0.218. The highest BCUT2D eigenvalue weighted by Gasteiger charge is 2.25. The molecule has 118 valence electrons. The number of anilines is 1. The molecule has 0 atom stereocenters. The maximum absolute atomic E-state index is 12.0. The van der Waals surface area contributed by atoms with Gasteiger partial charge in [0.05, 0.1) is 6.04 Å². The second-order valence-corrected chi connectivity index (χ2v) is 6.47. The molecular weight excluding hydrogens is 270 g/mol. The number of rotatable bonds is 5. The van der Waals surface area contributed by atoms with Gasteiger partial charge < -0.3 is 10.2 Å². The second kappa shape index (κ2) is 6.38. The zero-order valence-electron chi connectivity index (χ0n) is 13.3. The van der Waals surface area contributed by atoms with Crippen LogP contribution in [0.4, 0.5) is 10.7 Å². The minimum atomic E-state index is -0.303. The van der Waals surface area contributed by atoms with Crippen LogP contribution in [-0.2, 0) is 0 Å². The maximum atomic E-state index is 12.0. The van der Waals surface area contributed by atoms with Gasteiger partial charge in [0.1, 0.15) is 0 Å². The lowest BCUT2D eigenvalue weighted by atomic mass is 10.1. The van der Waals surface area contributed by atoms with Gasteiger partial charge >= 0.3 is 6.03 Å². The third-order valence-electron chi connectivity index (χ3n) is 3.38. The molecule has 1 aliphatic heterocycles. The Morgan fingerprint density at radius 1 is 1.33 bits per heavy atom. The normalized spacial score (nSPS) is 16.4. The molecule has 1 aromatic rings. The fraction of sp³-hybridized carbons (Fsp3) is 0.846. The monoisotopic (exact) mass is 295 g/mol. The Labute approximate surface area is 125 Å². The first-order valence-corrected chi connectivity index (χ1v) is 7.47. The number of carbonyl (C=O) groups excluding carboxylic acids is 1. The molecule has 21 heavy (non-hydrogen) atoms. The van der Waals surface area contributed by atoms with Gasteiger partial charge in [-0.3, -0.25) is 5.32 Å². The van der Waals surface area contributed by atoms with Crippen LogP contribution in [0.15, 0.2) is 0 Å². The number of hydrogen-bond acceptors (Lipinski definition) is 5. The SMILES string of the molecule is CC(C)n1nnc(NC(=O)NC(C)(C)CN2CCCC2)n1. The highest BCUT2D eigenvalue weighted by atomic mass is 16.2. The zero-order chi connectivity index (χ0) is 15.5. The molecule has 0 bridgehead atoms. The molecule has 0 radical (unpaired) electrons. The molecular formula is C13H25N7O. The summed E-state index contributed by atoms with van der Waals surface area (Å²) in [6.07, 6.45) is 2.48. The van der Waals surface area contributed by atoms with Crippen molar-refractivity contribution in [3.8, 4) is 0 Å². The standard InChI is InChI=1S/C13H25N7O/c1-10(2)20-17-11(16-18-20)14-12(21)15-13(3,4)9-19-7-5-6-8-19/h10H,5-9H2,1-4H3,(H2,14,15,17,21). The molecule has 2 N–H and O–H groups in total. The Hall–Kier alpha value is -1.70. The Balaban J connectivity index is 1.84. The van der Waals surface area contributed by atoms with Crippen molar-refractivity contribution in [2.45, 2.75) is 52.1 Å². The molecule has 0 unspecified atom stereocenters. The Bertz CT molecular complexity index is 477. The summed E-state index contributed by atoms with van der Waals surface area (Å²) in [7, 11) is 0. The predicted octanol–water partition coefficient (Wildman–Crippen LogP) is 1.25. The first-order chi connectivity index (χ1) is 9.85. The van der Waals surface area contributed by atoms with Gasteiger partial charge in [-0.15, -0.1) is 5.10 Å². The molecule has 2 heterocycles. The first kappa shape index (κ1) is 15.7. The van der Waals surface area contributed by atoms with Crippen molar-refractivity contribution >= 4 is 12.0 Å². The minimum Gasteiger partial charge on any atom is -0.332 e. The molecule has 1 saturated heterocycles. The average molecular weight is 295 g/mol. The summed E-state index contributed by atoms with van der Waals surface area (Å²) in [5.74, 6) is 0.221. The van der Waals surface area contributed by atoms with Gasteiger partial charge in [0.2, 0.25) is 0 Å². The molecule has 1 fully saturated rings. The highest BCUT2D eigenvalue weighted by molar-refractivity contribution is 5.87. The van der Waals surface area contributed by atoms with E-state index in [0.29, 0.717) is 0 Å². The van der Waals surface area contributed by atoms with Crippen LogP contribution in [0.1, 0.15) is 46.6 Å². The number of aromatic nitrogens is 4. The number of urea groups is 1. The molecule has 8 nitrogen and oxygen atoms in total. The van der Waals surface area contributed by atoms with Crippen molar-refractivity contribution in [1.29, 1.82) is 0 Å². The number of likely N-dealkylation sites (tertiary alicyclic amines) is 1. The van der Waals surface area contributed by atoms with E-state index in [2.05, 4.69) is 30.9 Å². The van der Waals surface area contributed by atoms with Crippen LogP contribution in [0, 0.1) is 0 Å². The summed E-state index contributed by atoms with van der Waals surface area (Å²) in [6, 6.07) is -0.190. The zero-order valence-corrected chi connectivity index (χ0v) is 13.3. The fourth-order valence-corrected chi connectivity index (χ4v) is 2.47. The summed E-state index contributed by atoms with van der Waals surface area (Å²) in [5, 5.41) is 17.4. The predicted molar refractivity (Wildman–Crippen MR) is 80.1 cm³/mol. The lowest BCUT2D eigenvalue weighted by Gasteiger charge is -2.30. The quantitative estimate of drug-likeness (QED) is 0.853. The van der Waals surface area contributed by atoms with Crippen molar-refractivity contribution in [1.82, 2.24) is 30.4 Å². The molecule has 1 aromatic heterocycles.